The van der Waals surface area contributed by atoms with Gasteiger partial charge in [-0.25, -0.2) is 0 Å². The van der Waals surface area contributed by atoms with Gasteiger partial charge in [0.25, 0.3) is 0 Å². The summed E-state index contributed by atoms with van der Waals surface area (Å²) in [6.07, 6.45) is 0. The summed E-state index contributed by atoms with van der Waals surface area (Å²) in [5.74, 6) is 1.12. The second-order valence-corrected chi connectivity index (χ2v) is 4.59. The maximum atomic E-state index is 7.47. The van der Waals surface area contributed by atoms with Gasteiger partial charge in [0, 0.05) is 4.47 Å². The van der Waals surface area contributed by atoms with Crippen molar-refractivity contribution in [1.29, 1.82) is 5.41 Å². The second-order valence-electron chi connectivity index (χ2n) is 3.73. The monoisotopic (exact) mass is 270 g/mol. The molecule has 0 amide bonds. The van der Waals surface area contributed by atoms with Crippen LogP contribution in [0, 0.1) is 11.3 Å². The number of nitrogens with two attached hydrogens (primary N) is 1. The van der Waals surface area contributed by atoms with Crippen molar-refractivity contribution in [2.24, 2.45) is 11.7 Å². The molecule has 0 aliphatic heterocycles. The maximum Gasteiger partial charge on any atom is 0.131 e. The Morgan fingerprint density at radius 2 is 2.20 bits per heavy atom. The van der Waals surface area contributed by atoms with Crippen molar-refractivity contribution in [2.75, 3.05) is 6.61 Å². The fourth-order valence-corrected chi connectivity index (χ4v) is 1.70. The summed E-state index contributed by atoms with van der Waals surface area (Å²) in [4.78, 5) is 0. The molecule has 1 rings (SSSR count). The molecule has 3 N–H and O–H groups in total. The first-order valence-electron chi connectivity index (χ1n) is 4.78. The number of nitrogen functional groups attached to an aromatic ring is 1. The minimum atomic E-state index is 0.0150. The van der Waals surface area contributed by atoms with E-state index in [1.807, 2.05) is 18.2 Å². The Labute approximate surface area is 98.3 Å². The van der Waals surface area contributed by atoms with Crippen LogP contribution in [0.15, 0.2) is 22.7 Å². The van der Waals surface area contributed by atoms with E-state index >= 15 is 0 Å². The van der Waals surface area contributed by atoms with Crippen molar-refractivity contribution in [3.63, 3.8) is 0 Å². The number of nitrogens with one attached hydrogen (secondary N) is 1. The zero-order valence-electron chi connectivity index (χ0n) is 8.88. The van der Waals surface area contributed by atoms with E-state index in [2.05, 4.69) is 29.8 Å². The molecule has 82 valence electrons. The van der Waals surface area contributed by atoms with E-state index < -0.39 is 0 Å². The summed E-state index contributed by atoms with van der Waals surface area (Å²) >= 11 is 3.35. The number of rotatable bonds is 4. The molecule has 0 radical (unpaired) electrons. The summed E-state index contributed by atoms with van der Waals surface area (Å²) in [6, 6.07) is 5.54. The second kappa shape index (κ2) is 5.16. The number of halogens is 1. The van der Waals surface area contributed by atoms with Crippen molar-refractivity contribution >= 4 is 21.8 Å². The van der Waals surface area contributed by atoms with Crippen LogP contribution < -0.4 is 10.5 Å². The average molecular weight is 271 g/mol. The van der Waals surface area contributed by atoms with Gasteiger partial charge in [-0.1, -0.05) is 19.9 Å². The van der Waals surface area contributed by atoms with Gasteiger partial charge >= 0.3 is 0 Å². The zero-order chi connectivity index (χ0) is 11.4. The van der Waals surface area contributed by atoms with E-state index in [9.17, 15) is 0 Å². The fourth-order valence-electron chi connectivity index (χ4n) is 1.14. The number of hydrogen-bond acceptors (Lipinski definition) is 2. The molecule has 0 saturated heterocycles. The molecule has 0 unspecified atom stereocenters. The lowest BCUT2D eigenvalue weighted by Gasteiger charge is -2.13. The van der Waals surface area contributed by atoms with Crippen molar-refractivity contribution in [3.05, 3.63) is 28.2 Å². The average Bonchev–Trinajstić information content (AvgIpc) is 2.13. The molecule has 0 spiro atoms. The molecule has 4 heteroatoms. The van der Waals surface area contributed by atoms with Crippen molar-refractivity contribution < 1.29 is 4.74 Å². The molecule has 0 aromatic heterocycles. The molecular weight excluding hydrogens is 256 g/mol. The van der Waals surface area contributed by atoms with E-state index in [1.54, 1.807) is 0 Å². The Morgan fingerprint density at radius 3 is 2.73 bits per heavy atom. The van der Waals surface area contributed by atoms with Crippen LogP contribution in [0.25, 0.3) is 0 Å². The first-order valence-corrected chi connectivity index (χ1v) is 5.57. The van der Waals surface area contributed by atoms with Gasteiger partial charge in [-0.15, -0.1) is 0 Å². The van der Waals surface area contributed by atoms with Gasteiger partial charge in [-0.05, 0) is 34.0 Å². The highest BCUT2D eigenvalue weighted by Gasteiger charge is 2.10. The van der Waals surface area contributed by atoms with E-state index in [4.69, 9.17) is 15.9 Å². The fraction of sp³-hybridized carbons (Fsp3) is 0.364. The van der Waals surface area contributed by atoms with Crippen molar-refractivity contribution in [3.8, 4) is 5.75 Å². The molecule has 0 aliphatic rings. The van der Waals surface area contributed by atoms with Crippen molar-refractivity contribution in [2.45, 2.75) is 13.8 Å². The molecule has 0 heterocycles. The summed E-state index contributed by atoms with van der Waals surface area (Å²) in [5.41, 5.74) is 6.12. The summed E-state index contributed by atoms with van der Waals surface area (Å²) in [5, 5.41) is 7.47. The van der Waals surface area contributed by atoms with Gasteiger partial charge in [0.15, 0.2) is 0 Å². The van der Waals surface area contributed by atoms with Gasteiger partial charge in [0.1, 0.15) is 11.6 Å². The van der Waals surface area contributed by atoms with Gasteiger partial charge < -0.3 is 10.5 Å². The van der Waals surface area contributed by atoms with Crippen LogP contribution in [0.3, 0.4) is 0 Å². The molecule has 0 atom stereocenters. The lowest BCUT2D eigenvalue weighted by atomic mass is 10.2. The Balaban J connectivity index is 2.96. The molecule has 0 saturated carbocycles. The number of amidine groups is 1. The SMILES string of the molecule is CC(C)COc1cccc(Br)c1C(=N)N. The highest BCUT2D eigenvalue weighted by Crippen LogP contribution is 2.26. The third-order valence-electron chi connectivity index (χ3n) is 1.82. The van der Waals surface area contributed by atoms with Gasteiger partial charge in [0.2, 0.25) is 0 Å². The molecule has 15 heavy (non-hydrogen) atoms. The Bertz CT molecular complexity index is 364. The lowest BCUT2D eigenvalue weighted by molar-refractivity contribution is 0.270. The smallest absolute Gasteiger partial charge is 0.131 e. The van der Waals surface area contributed by atoms with Crippen LogP contribution in [0.1, 0.15) is 19.4 Å². The van der Waals surface area contributed by atoms with Crippen LogP contribution in [0.4, 0.5) is 0 Å². The Kier molecular flexibility index (Phi) is 4.15. The molecule has 3 nitrogen and oxygen atoms in total. The van der Waals surface area contributed by atoms with Gasteiger partial charge in [-0.2, -0.15) is 0 Å². The highest BCUT2D eigenvalue weighted by molar-refractivity contribution is 9.10. The molecule has 0 fully saturated rings. The van der Waals surface area contributed by atoms with E-state index in [1.165, 1.54) is 0 Å². The van der Waals surface area contributed by atoms with E-state index in [-0.39, 0.29) is 5.84 Å². The largest absolute Gasteiger partial charge is 0.493 e. The van der Waals surface area contributed by atoms with Crippen LogP contribution in [0.2, 0.25) is 0 Å². The summed E-state index contributed by atoms with van der Waals surface area (Å²) in [6.45, 7) is 4.77. The third kappa shape index (κ3) is 3.23. The minimum absolute atomic E-state index is 0.0150. The standard InChI is InChI=1S/C11H15BrN2O/c1-7(2)6-15-9-5-3-4-8(12)10(9)11(13)14/h3-5,7H,6H2,1-2H3,(H3,13,14). The first kappa shape index (κ1) is 12.0. The predicted molar refractivity (Wildman–Crippen MR) is 65.5 cm³/mol. The quantitative estimate of drug-likeness (QED) is 0.653. The minimum Gasteiger partial charge on any atom is -0.493 e. The molecule has 0 bridgehead atoms. The normalized spacial score (nSPS) is 10.4. The Morgan fingerprint density at radius 1 is 1.53 bits per heavy atom. The molecule has 1 aromatic rings. The number of ether oxygens (including phenoxy) is 1. The van der Waals surface area contributed by atoms with E-state index in [0.29, 0.717) is 23.8 Å². The van der Waals surface area contributed by atoms with Crippen LogP contribution >= 0.6 is 15.9 Å². The number of hydrogen-bond donors (Lipinski definition) is 2. The topological polar surface area (TPSA) is 59.1 Å². The third-order valence-corrected chi connectivity index (χ3v) is 2.48. The van der Waals surface area contributed by atoms with E-state index in [0.717, 1.165) is 4.47 Å². The van der Waals surface area contributed by atoms with Crippen LogP contribution in [-0.4, -0.2) is 12.4 Å². The summed E-state index contributed by atoms with van der Waals surface area (Å²) < 4.78 is 6.38. The molecule has 1 aromatic carbocycles. The lowest BCUT2D eigenvalue weighted by Crippen LogP contribution is -2.15. The summed E-state index contributed by atoms with van der Waals surface area (Å²) in [7, 11) is 0. The van der Waals surface area contributed by atoms with Gasteiger partial charge in [0.05, 0.1) is 12.2 Å². The Hall–Kier alpha value is -1.03. The highest BCUT2D eigenvalue weighted by atomic mass is 79.9. The van der Waals surface area contributed by atoms with Crippen molar-refractivity contribution in [1.82, 2.24) is 0 Å². The first-order chi connectivity index (χ1) is 7.02. The molecular formula is C11H15BrN2O. The predicted octanol–water partition coefficient (Wildman–Crippen LogP) is 2.77. The molecule has 0 aliphatic carbocycles. The maximum absolute atomic E-state index is 7.47. The van der Waals surface area contributed by atoms with Crippen LogP contribution in [-0.2, 0) is 0 Å². The number of benzene rings is 1. The zero-order valence-corrected chi connectivity index (χ0v) is 10.5. The van der Waals surface area contributed by atoms with Gasteiger partial charge in [-0.3, -0.25) is 5.41 Å². The van der Waals surface area contributed by atoms with Crippen LogP contribution in [0.5, 0.6) is 5.75 Å².